The first kappa shape index (κ1) is 15.5. The molecule has 120 valence electrons. The minimum Gasteiger partial charge on any atom is -0.465 e. The number of rotatable bonds is 3. The molecule has 2 aliphatic rings. The highest BCUT2D eigenvalue weighted by Crippen LogP contribution is 2.44. The molecular weight excluding hydrogens is 290 g/mol. The predicted octanol–water partition coefficient (Wildman–Crippen LogP) is 3.07. The van der Waals surface area contributed by atoms with Gasteiger partial charge < -0.3 is 10.1 Å². The van der Waals surface area contributed by atoms with Gasteiger partial charge in [-0.15, -0.1) is 0 Å². The van der Waals surface area contributed by atoms with Crippen LogP contribution in [0.5, 0.6) is 0 Å². The molecule has 1 aliphatic heterocycles. The first-order valence-corrected chi connectivity index (χ1v) is 8.07. The summed E-state index contributed by atoms with van der Waals surface area (Å²) >= 11 is 0. The lowest BCUT2D eigenvalue weighted by Crippen LogP contribution is -2.41. The maximum atomic E-state index is 12.6. The van der Waals surface area contributed by atoms with E-state index in [0.29, 0.717) is 18.7 Å². The van der Waals surface area contributed by atoms with Gasteiger partial charge in [-0.3, -0.25) is 9.59 Å². The van der Waals surface area contributed by atoms with Gasteiger partial charge in [0.15, 0.2) is 5.78 Å². The Morgan fingerprint density at radius 1 is 1.30 bits per heavy atom. The van der Waals surface area contributed by atoms with Gasteiger partial charge in [-0.25, -0.2) is 0 Å². The highest BCUT2D eigenvalue weighted by atomic mass is 16.5. The largest absolute Gasteiger partial charge is 0.465 e. The third kappa shape index (κ3) is 2.81. The predicted molar refractivity (Wildman–Crippen MR) is 87.5 cm³/mol. The molecule has 1 aliphatic carbocycles. The van der Waals surface area contributed by atoms with Gasteiger partial charge in [0.25, 0.3) is 0 Å². The van der Waals surface area contributed by atoms with Crippen LogP contribution in [-0.4, -0.2) is 18.4 Å². The van der Waals surface area contributed by atoms with E-state index in [1.807, 2.05) is 30.3 Å². The molecule has 1 heterocycles. The van der Waals surface area contributed by atoms with Crippen molar-refractivity contribution in [2.75, 3.05) is 6.61 Å². The number of hydrogen-bond acceptors (Lipinski definition) is 4. The zero-order chi connectivity index (χ0) is 16.4. The lowest BCUT2D eigenvalue weighted by atomic mass is 9.71. The average Bonchev–Trinajstić information content (AvgIpc) is 2.54. The Morgan fingerprint density at radius 3 is 2.74 bits per heavy atom. The van der Waals surface area contributed by atoms with Crippen LogP contribution < -0.4 is 5.32 Å². The summed E-state index contributed by atoms with van der Waals surface area (Å²) in [7, 11) is 0. The summed E-state index contributed by atoms with van der Waals surface area (Å²) in [6.45, 7) is 6.13. The zero-order valence-corrected chi connectivity index (χ0v) is 13.3. The van der Waals surface area contributed by atoms with Crippen molar-refractivity contribution in [3.8, 4) is 0 Å². The van der Waals surface area contributed by atoms with E-state index in [1.165, 1.54) is 0 Å². The van der Waals surface area contributed by atoms with Crippen LogP contribution in [0.15, 0.2) is 53.9 Å². The van der Waals surface area contributed by atoms with E-state index >= 15 is 0 Å². The summed E-state index contributed by atoms with van der Waals surface area (Å²) in [6.07, 6.45) is 2.19. The van der Waals surface area contributed by atoms with Crippen molar-refractivity contribution in [2.45, 2.75) is 32.1 Å². The van der Waals surface area contributed by atoms with Crippen molar-refractivity contribution < 1.29 is 14.3 Å². The fraction of sp³-hybridized carbons (Fsp3) is 0.368. The molecule has 4 heteroatoms. The average molecular weight is 311 g/mol. The molecule has 0 aromatic heterocycles. The molecule has 0 saturated carbocycles. The highest BCUT2D eigenvalue weighted by Gasteiger charge is 2.43. The van der Waals surface area contributed by atoms with Crippen LogP contribution in [0.3, 0.4) is 0 Å². The molecule has 3 rings (SSSR count). The van der Waals surface area contributed by atoms with E-state index in [1.54, 1.807) is 6.92 Å². The Bertz CT molecular complexity index is 675. The van der Waals surface area contributed by atoms with Crippen LogP contribution in [0.1, 0.15) is 37.7 Å². The topological polar surface area (TPSA) is 55.4 Å². The number of hydrogen-bond donors (Lipinski definition) is 1. The summed E-state index contributed by atoms with van der Waals surface area (Å²) in [6, 6.07) is 9.70. The first-order valence-electron chi connectivity index (χ1n) is 8.07. The molecule has 1 aromatic carbocycles. The van der Waals surface area contributed by atoms with Crippen molar-refractivity contribution in [1.29, 1.82) is 0 Å². The number of benzene rings is 1. The summed E-state index contributed by atoms with van der Waals surface area (Å²) < 4.78 is 5.24. The lowest BCUT2D eigenvalue weighted by molar-refractivity contribution is -0.147. The smallest absolute Gasteiger partial charge is 0.315 e. The third-order valence-electron chi connectivity index (χ3n) is 4.49. The number of ketones is 1. The minimum absolute atomic E-state index is 0.120. The van der Waals surface area contributed by atoms with Crippen LogP contribution in [0, 0.1) is 5.92 Å². The van der Waals surface area contributed by atoms with Crippen molar-refractivity contribution in [2.24, 2.45) is 5.92 Å². The monoisotopic (exact) mass is 311 g/mol. The fourth-order valence-corrected chi connectivity index (χ4v) is 3.52. The third-order valence-corrected chi connectivity index (χ3v) is 4.49. The van der Waals surface area contributed by atoms with Gasteiger partial charge in [-0.1, -0.05) is 36.9 Å². The van der Waals surface area contributed by atoms with Gasteiger partial charge in [-0.2, -0.15) is 0 Å². The molecular formula is C19H21NO3. The van der Waals surface area contributed by atoms with E-state index < -0.39 is 5.92 Å². The maximum Gasteiger partial charge on any atom is 0.315 e. The molecule has 23 heavy (non-hydrogen) atoms. The Hall–Kier alpha value is -2.36. The number of carbonyl (C=O) groups excluding carboxylic acids is 2. The van der Waals surface area contributed by atoms with Crippen molar-refractivity contribution >= 4 is 11.8 Å². The van der Waals surface area contributed by atoms with E-state index in [0.717, 1.165) is 29.7 Å². The second-order valence-corrected chi connectivity index (χ2v) is 5.94. The van der Waals surface area contributed by atoms with Gasteiger partial charge in [-0.05, 0) is 25.3 Å². The fourth-order valence-electron chi connectivity index (χ4n) is 3.52. The molecule has 0 spiro atoms. The molecule has 0 bridgehead atoms. The molecule has 1 N–H and O–H groups in total. The highest BCUT2D eigenvalue weighted by molar-refractivity contribution is 6.00. The number of esters is 1. The van der Waals surface area contributed by atoms with E-state index in [2.05, 4.69) is 11.9 Å². The van der Waals surface area contributed by atoms with Gasteiger partial charge in [0, 0.05) is 29.3 Å². The number of carbonyl (C=O) groups is 2. The normalized spacial score (nSPS) is 24.0. The molecule has 0 saturated heterocycles. The van der Waals surface area contributed by atoms with E-state index in [4.69, 9.17) is 4.74 Å². The van der Waals surface area contributed by atoms with E-state index in [9.17, 15) is 9.59 Å². The SMILES string of the molecule is C=C1NC2=C(C(=O)CCC2)C(c2ccccc2)C1C(=O)OCC. The number of ether oxygens (including phenoxy) is 1. The van der Waals surface area contributed by atoms with Crippen LogP contribution in [-0.2, 0) is 14.3 Å². The summed E-state index contributed by atoms with van der Waals surface area (Å²) in [5.74, 6) is -1.09. The maximum absolute atomic E-state index is 12.6. The lowest BCUT2D eigenvalue weighted by Gasteiger charge is -2.38. The molecule has 0 fully saturated rings. The first-order chi connectivity index (χ1) is 11.1. The number of nitrogens with one attached hydrogen (secondary N) is 1. The minimum atomic E-state index is -0.571. The van der Waals surface area contributed by atoms with Crippen molar-refractivity contribution in [1.82, 2.24) is 5.32 Å². The summed E-state index contributed by atoms with van der Waals surface area (Å²) in [5, 5.41) is 3.20. The zero-order valence-electron chi connectivity index (χ0n) is 13.3. The van der Waals surface area contributed by atoms with Crippen LogP contribution in [0.4, 0.5) is 0 Å². The van der Waals surface area contributed by atoms with Crippen molar-refractivity contribution in [3.05, 3.63) is 59.4 Å². The van der Waals surface area contributed by atoms with Gasteiger partial charge in [0.1, 0.15) is 5.92 Å². The summed E-state index contributed by atoms with van der Waals surface area (Å²) in [5.41, 5.74) is 3.22. The molecule has 4 nitrogen and oxygen atoms in total. The molecule has 2 atom stereocenters. The molecule has 0 amide bonds. The number of allylic oxidation sites excluding steroid dienone is 2. The molecule has 2 unspecified atom stereocenters. The summed E-state index contributed by atoms with van der Waals surface area (Å²) in [4.78, 5) is 25.1. The van der Waals surface area contributed by atoms with Crippen molar-refractivity contribution in [3.63, 3.8) is 0 Å². The van der Waals surface area contributed by atoms with Crippen LogP contribution in [0.25, 0.3) is 0 Å². The Labute approximate surface area is 136 Å². The Balaban J connectivity index is 2.12. The molecule has 0 radical (unpaired) electrons. The second kappa shape index (κ2) is 6.41. The quantitative estimate of drug-likeness (QED) is 0.872. The van der Waals surface area contributed by atoms with Gasteiger partial charge in [0.05, 0.1) is 6.61 Å². The molecule has 1 aromatic rings. The standard InChI is InChI=1S/C19H21NO3/c1-3-23-19(22)16-12(2)20-14-10-7-11-15(21)18(14)17(16)13-8-5-4-6-9-13/h4-6,8-9,16-17,20H,2-3,7,10-11H2,1H3. The number of Topliss-reactive ketones (excluding diaryl/α,β-unsaturated/α-hetero) is 1. The van der Waals surface area contributed by atoms with Gasteiger partial charge in [0.2, 0.25) is 0 Å². The Kier molecular flexibility index (Phi) is 4.33. The van der Waals surface area contributed by atoms with E-state index in [-0.39, 0.29) is 17.7 Å². The second-order valence-electron chi connectivity index (χ2n) is 5.94. The van der Waals surface area contributed by atoms with Crippen LogP contribution in [0.2, 0.25) is 0 Å². The Morgan fingerprint density at radius 2 is 2.04 bits per heavy atom. The van der Waals surface area contributed by atoms with Crippen LogP contribution >= 0.6 is 0 Å². The van der Waals surface area contributed by atoms with Gasteiger partial charge >= 0.3 is 5.97 Å².